The maximum Gasteiger partial charge on any atom is 0.335 e. The van der Waals surface area contributed by atoms with Crippen LogP contribution in [0.1, 0.15) is 57.1 Å². The van der Waals surface area contributed by atoms with E-state index in [-0.39, 0.29) is 42.5 Å². The molecule has 35 heavy (non-hydrogen) atoms. The summed E-state index contributed by atoms with van der Waals surface area (Å²) in [6.45, 7) is 6.80. The van der Waals surface area contributed by atoms with Crippen molar-refractivity contribution in [1.82, 2.24) is 4.98 Å². The van der Waals surface area contributed by atoms with E-state index in [1.165, 1.54) is 12.1 Å². The number of carboxylic acids is 1. The van der Waals surface area contributed by atoms with Crippen molar-refractivity contribution in [3.63, 3.8) is 0 Å². The van der Waals surface area contributed by atoms with Crippen LogP contribution in [0.2, 0.25) is 0 Å². The lowest BCUT2D eigenvalue weighted by molar-refractivity contribution is 0.0697. The second-order valence-corrected chi connectivity index (χ2v) is 8.42. The number of aromatic carboxylic acids is 1. The zero-order valence-electron chi connectivity index (χ0n) is 20.0. The van der Waals surface area contributed by atoms with Gasteiger partial charge in [-0.05, 0) is 54.2 Å². The van der Waals surface area contributed by atoms with Crippen LogP contribution in [0, 0.1) is 12.8 Å². The van der Waals surface area contributed by atoms with E-state index >= 15 is 0 Å². The molecule has 9 heteroatoms. The van der Waals surface area contributed by atoms with Gasteiger partial charge in [0.05, 0.1) is 16.9 Å². The molecular formula is C26H32Cl2N4O3. The molecule has 1 aromatic heterocycles. The Kier molecular flexibility index (Phi) is 11.3. The Hall–Kier alpha value is -2.97. The molecule has 0 spiro atoms. The van der Waals surface area contributed by atoms with Gasteiger partial charge >= 0.3 is 5.97 Å². The van der Waals surface area contributed by atoms with Crippen molar-refractivity contribution in [2.75, 3.05) is 5.32 Å². The van der Waals surface area contributed by atoms with E-state index in [1.54, 1.807) is 12.1 Å². The standard InChI is InChI=1S/C26H30N4O3.2ClH/c1-15(2)11-22-21(14-28)23(18-9-7-17(13-27)8-10-18)24(16(3)29-22)30-25(31)19-5-4-6-20(12-19)26(32)33;;/h4-10,12,15H,11,13-14,27-28H2,1-3H3,(H,30,31)(H,32,33);2*1H. The van der Waals surface area contributed by atoms with Crippen molar-refractivity contribution in [3.8, 4) is 11.1 Å². The SMILES string of the molecule is Cc1nc(CC(C)C)c(CN)c(-c2ccc(CN)cc2)c1NC(=O)c1cccc(C(=O)O)c1.Cl.Cl. The van der Waals surface area contributed by atoms with E-state index in [9.17, 15) is 14.7 Å². The first-order chi connectivity index (χ1) is 15.7. The molecule has 0 saturated carbocycles. The van der Waals surface area contributed by atoms with Gasteiger partial charge in [-0.3, -0.25) is 9.78 Å². The van der Waals surface area contributed by atoms with E-state index in [2.05, 4.69) is 19.2 Å². The molecule has 7 nitrogen and oxygen atoms in total. The molecule has 0 aliphatic carbocycles. The summed E-state index contributed by atoms with van der Waals surface area (Å²) in [4.78, 5) is 29.2. The molecule has 0 aliphatic heterocycles. The Labute approximate surface area is 218 Å². The van der Waals surface area contributed by atoms with Gasteiger partial charge in [-0.2, -0.15) is 0 Å². The average molecular weight is 519 g/mol. The Morgan fingerprint density at radius 3 is 2.17 bits per heavy atom. The second kappa shape index (κ2) is 13.2. The summed E-state index contributed by atoms with van der Waals surface area (Å²) < 4.78 is 0. The Bertz CT molecular complexity index is 1180. The second-order valence-electron chi connectivity index (χ2n) is 8.42. The lowest BCUT2D eigenvalue weighted by Gasteiger charge is -2.21. The van der Waals surface area contributed by atoms with Crippen molar-refractivity contribution < 1.29 is 14.7 Å². The molecule has 1 amide bonds. The first-order valence-corrected chi connectivity index (χ1v) is 10.9. The van der Waals surface area contributed by atoms with E-state index in [4.69, 9.17) is 16.5 Å². The quantitative estimate of drug-likeness (QED) is 0.333. The molecule has 1 heterocycles. The summed E-state index contributed by atoms with van der Waals surface area (Å²) in [6, 6.07) is 13.8. The smallest absolute Gasteiger partial charge is 0.335 e. The zero-order chi connectivity index (χ0) is 24.1. The number of amides is 1. The fraction of sp³-hybridized carbons (Fsp3) is 0.269. The molecule has 3 rings (SSSR count). The summed E-state index contributed by atoms with van der Waals surface area (Å²) in [5.41, 5.74) is 18.0. The molecule has 6 N–H and O–H groups in total. The highest BCUT2D eigenvalue weighted by atomic mass is 35.5. The number of hydrogen-bond donors (Lipinski definition) is 4. The Morgan fingerprint density at radius 2 is 1.63 bits per heavy atom. The van der Waals surface area contributed by atoms with Crippen molar-refractivity contribution in [1.29, 1.82) is 0 Å². The highest BCUT2D eigenvalue weighted by Gasteiger charge is 2.21. The molecule has 0 saturated heterocycles. The molecule has 0 unspecified atom stereocenters. The van der Waals surface area contributed by atoms with Gasteiger partial charge in [0.1, 0.15) is 0 Å². The van der Waals surface area contributed by atoms with Gasteiger partial charge in [0.2, 0.25) is 0 Å². The van der Waals surface area contributed by atoms with E-state index in [1.807, 2.05) is 31.2 Å². The fourth-order valence-corrected chi connectivity index (χ4v) is 3.84. The minimum absolute atomic E-state index is 0. The molecule has 0 aliphatic rings. The fourth-order valence-electron chi connectivity index (χ4n) is 3.84. The number of benzene rings is 2. The normalized spacial score (nSPS) is 10.3. The van der Waals surface area contributed by atoms with Crippen LogP contribution >= 0.6 is 24.8 Å². The summed E-state index contributed by atoms with van der Waals surface area (Å²) in [6.07, 6.45) is 0.760. The number of hydrogen-bond acceptors (Lipinski definition) is 5. The highest BCUT2D eigenvalue weighted by molar-refractivity contribution is 6.08. The molecule has 3 aromatic rings. The van der Waals surface area contributed by atoms with Gasteiger partial charge in [-0.25, -0.2) is 4.79 Å². The lowest BCUT2D eigenvalue weighted by Crippen LogP contribution is -2.18. The summed E-state index contributed by atoms with van der Waals surface area (Å²) in [7, 11) is 0. The number of carbonyl (C=O) groups excluding carboxylic acids is 1. The number of pyridine rings is 1. The maximum atomic E-state index is 13.1. The van der Waals surface area contributed by atoms with Crippen LogP contribution in [0.25, 0.3) is 11.1 Å². The van der Waals surface area contributed by atoms with Crippen LogP contribution in [0.4, 0.5) is 5.69 Å². The number of rotatable bonds is 8. The number of carbonyl (C=O) groups is 2. The number of carboxylic acid groups (broad SMARTS) is 1. The summed E-state index contributed by atoms with van der Waals surface area (Å²) >= 11 is 0. The largest absolute Gasteiger partial charge is 0.478 e. The number of halogens is 2. The Balaban J connectivity index is 0.00000306. The number of aryl methyl sites for hydroxylation is 1. The van der Waals surface area contributed by atoms with Gasteiger partial charge in [0, 0.05) is 29.9 Å². The molecular weight excluding hydrogens is 487 g/mol. The third-order valence-electron chi connectivity index (χ3n) is 5.46. The summed E-state index contributed by atoms with van der Waals surface area (Å²) in [5, 5.41) is 12.2. The van der Waals surface area contributed by atoms with Gasteiger partial charge in [0.15, 0.2) is 0 Å². The highest BCUT2D eigenvalue weighted by Crippen LogP contribution is 2.36. The van der Waals surface area contributed by atoms with E-state index in [0.717, 1.165) is 34.4 Å². The lowest BCUT2D eigenvalue weighted by atomic mass is 9.92. The van der Waals surface area contributed by atoms with Gasteiger partial charge in [-0.15, -0.1) is 24.8 Å². The van der Waals surface area contributed by atoms with E-state index in [0.29, 0.717) is 23.8 Å². The van der Waals surface area contributed by atoms with Gasteiger partial charge in [0.25, 0.3) is 5.91 Å². The molecule has 0 atom stereocenters. The number of aromatic nitrogens is 1. The first-order valence-electron chi connectivity index (χ1n) is 10.9. The third-order valence-corrected chi connectivity index (χ3v) is 5.46. The number of nitrogens with zero attached hydrogens (tertiary/aromatic N) is 1. The predicted molar refractivity (Wildman–Crippen MR) is 145 cm³/mol. The molecule has 188 valence electrons. The van der Waals surface area contributed by atoms with Crippen LogP contribution in [-0.4, -0.2) is 22.0 Å². The van der Waals surface area contributed by atoms with Crippen molar-refractivity contribution in [3.05, 3.63) is 82.2 Å². The van der Waals surface area contributed by atoms with Gasteiger partial charge < -0.3 is 21.9 Å². The molecule has 2 aromatic carbocycles. The average Bonchev–Trinajstić information content (AvgIpc) is 2.80. The van der Waals surface area contributed by atoms with Gasteiger partial charge in [-0.1, -0.05) is 44.2 Å². The number of nitrogens with one attached hydrogen (secondary N) is 1. The van der Waals surface area contributed by atoms with Crippen LogP contribution in [0.5, 0.6) is 0 Å². The predicted octanol–water partition coefficient (Wildman–Crippen LogP) is 4.97. The minimum atomic E-state index is -1.09. The molecule has 0 radical (unpaired) electrons. The number of anilines is 1. The van der Waals surface area contributed by atoms with Crippen LogP contribution in [0.3, 0.4) is 0 Å². The van der Waals surface area contributed by atoms with Crippen molar-refractivity contribution in [2.45, 2.75) is 40.3 Å². The zero-order valence-corrected chi connectivity index (χ0v) is 21.6. The van der Waals surface area contributed by atoms with Crippen molar-refractivity contribution in [2.24, 2.45) is 17.4 Å². The maximum absolute atomic E-state index is 13.1. The first kappa shape index (κ1) is 30.1. The topological polar surface area (TPSA) is 131 Å². The summed E-state index contributed by atoms with van der Waals surface area (Å²) in [5.74, 6) is -1.12. The van der Waals surface area contributed by atoms with Crippen LogP contribution in [0.15, 0.2) is 48.5 Å². The number of nitrogens with two attached hydrogens (primary N) is 2. The van der Waals surface area contributed by atoms with Crippen LogP contribution < -0.4 is 16.8 Å². The van der Waals surface area contributed by atoms with E-state index < -0.39 is 11.9 Å². The minimum Gasteiger partial charge on any atom is -0.478 e. The molecule has 0 fully saturated rings. The Morgan fingerprint density at radius 1 is 1.00 bits per heavy atom. The van der Waals surface area contributed by atoms with Crippen molar-refractivity contribution >= 4 is 42.4 Å². The van der Waals surface area contributed by atoms with Crippen LogP contribution in [-0.2, 0) is 19.5 Å². The third kappa shape index (κ3) is 7.02. The molecule has 0 bridgehead atoms. The monoisotopic (exact) mass is 518 g/mol.